The number of rotatable bonds is 9. The van der Waals surface area contributed by atoms with E-state index in [0.29, 0.717) is 18.5 Å². The van der Waals surface area contributed by atoms with Crippen molar-refractivity contribution >= 4 is 40.7 Å². The van der Waals surface area contributed by atoms with Gasteiger partial charge in [0.25, 0.3) is 5.91 Å². The van der Waals surface area contributed by atoms with E-state index < -0.39 is 12.5 Å². The third kappa shape index (κ3) is 6.36. The molecule has 3 aromatic rings. The van der Waals surface area contributed by atoms with Gasteiger partial charge in [-0.3, -0.25) is 14.3 Å². The van der Waals surface area contributed by atoms with Gasteiger partial charge < -0.3 is 30.6 Å². The number of halogens is 2. The minimum absolute atomic E-state index is 0.0678. The Bertz CT molecular complexity index is 1590. The average Bonchev–Trinajstić information content (AvgIpc) is 3.38. The number of alkyl halides is 2. The molecule has 42 heavy (non-hydrogen) atoms. The van der Waals surface area contributed by atoms with Gasteiger partial charge in [-0.2, -0.15) is 13.9 Å². The van der Waals surface area contributed by atoms with Crippen LogP contribution in [0.5, 0.6) is 5.75 Å². The molecule has 3 heterocycles. The lowest BCUT2D eigenvalue weighted by molar-refractivity contribution is -0.133. The van der Waals surface area contributed by atoms with E-state index in [1.165, 1.54) is 23.2 Å². The lowest BCUT2D eigenvalue weighted by Gasteiger charge is -2.34. The van der Waals surface area contributed by atoms with Crippen LogP contribution >= 0.6 is 0 Å². The smallest absolute Gasteiger partial charge is 0.387 e. The summed E-state index contributed by atoms with van der Waals surface area (Å²) in [5, 5.41) is 19.3. The zero-order valence-corrected chi connectivity index (χ0v) is 22.9. The molecule has 0 unspecified atom stereocenters. The first kappa shape index (κ1) is 28.6. The largest absolute Gasteiger partial charge is 0.434 e. The summed E-state index contributed by atoms with van der Waals surface area (Å²) in [6.07, 6.45) is 7.00. The molecule has 5 rings (SSSR count). The molecule has 0 atom stereocenters. The molecule has 0 bridgehead atoms. The average molecular weight is 577 g/mol. The summed E-state index contributed by atoms with van der Waals surface area (Å²) in [5.41, 5.74) is 0.408. The third-order valence-corrected chi connectivity index (χ3v) is 7.05. The van der Waals surface area contributed by atoms with Crippen molar-refractivity contribution in [2.24, 2.45) is 4.99 Å². The van der Waals surface area contributed by atoms with Gasteiger partial charge in [0, 0.05) is 56.6 Å². The number of carbonyl (C=O) groups excluding carboxylic acids is 2. The molecular formula is C29H30F2N8O3. The Labute approximate surface area is 240 Å². The van der Waals surface area contributed by atoms with Gasteiger partial charge in [-0.15, -0.1) is 0 Å². The number of likely N-dealkylation sites (N-methyl/N-ethyl adjacent to an activating group) is 1. The number of aliphatic imine (C=N–C) groups is 1. The van der Waals surface area contributed by atoms with Gasteiger partial charge in [0.1, 0.15) is 23.8 Å². The van der Waals surface area contributed by atoms with Crippen molar-refractivity contribution in [2.45, 2.75) is 20.1 Å². The Hall–Kier alpha value is -4.91. The van der Waals surface area contributed by atoms with Gasteiger partial charge >= 0.3 is 6.61 Å². The molecule has 1 aromatic heterocycles. The van der Waals surface area contributed by atoms with Gasteiger partial charge in [0.15, 0.2) is 0 Å². The van der Waals surface area contributed by atoms with Crippen LogP contribution < -0.4 is 15.4 Å². The number of carbonyl (C=O) groups is 2. The summed E-state index contributed by atoms with van der Waals surface area (Å²) in [5.74, 6) is -0.816. The molecule has 2 aromatic carbocycles. The van der Waals surface area contributed by atoms with Crippen molar-refractivity contribution in [3.05, 3.63) is 66.3 Å². The highest BCUT2D eigenvalue weighted by molar-refractivity contribution is 6.18. The minimum atomic E-state index is -3.11. The van der Waals surface area contributed by atoms with Crippen LogP contribution in [0.1, 0.15) is 6.92 Å². The van der Waals surface area contributed by atoms with E-state index in [2.05, 4.69) is 32.5 Å². The molecule has 1 saturated heterocycles. The van der Waals surface area contributed by atoms with Gasteiger partial charge in [0.2, 0.25) is 5.91 Å². The molecule has 1 fully saturated rings. The number of hydrogen-bond donors (Lipinski definition) is 3. The lowest BCUT2D eigenvalue weighted by atomic mass is 10.0. The highest BCUT2D eigenvalue weighted by Crippen LogP contribution is 2.38. The van der Waals surface area contributed by atoms with Crippen LogP contribution in [0.2, 0.25) is 0 Å². The predicted molar refractivity (Wildman–Crippen MR) is 156 cm³/mol. The second kappa shape index (κ2) is 12.7. The van der Waals surface area contributed by atoms with Crippen molar-refractivity contribution in [2.75, 3.05) is 38.0 Å². The quantitative estimate of drug-likeness (QED) is 0.265. The first-order valence-electron chi connectivity index (χ1n) is 13.4. The van der Waals surface area contributed by atoms with E-state index >= 15 is 0 Å². The first-order valence-corrected chi connectivity index (χ1v) is 13.4. The van der Waals surface area contributed by atoms with Gasteiger partial charge in [-0.05, 0) is 35.5 Å². The van der Waals surface area contributed by atoms with Crippen LogP contribution in [0.4, 0.5) is 14.5 Å². The molecule has 218 valence electrons. The molecule has 2 aliphatic rings. The molecule has 3 N–H and O–H groups in total. The van der Waals surface area contributed by atoms with Crippen LogP contribution in [0.25, 0.3) is 22.0 Å². The van der Waals surface area contributed by atoms with Crippen molar-refractivity contribution < 1.29 is 23.1 Å². The van der Waals surface area contributed by atoms with Crippen LogP contribution in [0, 0.1) is 5.41 Å². The van der Waals surface area contributed by atoms with E-state index in [4.69, 9.17) is 10.1 Å². The Morgan fingerprint density at radius 2 is 1.90 bits per heavy atom. The zero-order chi connectivity index (χ0) is 29.6. The van der Waals surface area contributed by atoms with Crippen LogP contribution in [0.15, 0.2) is 71.3 Å². The summed E-state index contributed by atoms with van der Waals surface area (Å²) in [4.78, 5) is 34.6. The fraction of sp³-hybridized carbons (Fsp3) is 0.276. The van der Waals surface area contributed by atoms with Crippen LogP contribution in [-0.4, -0.2) is 83.2 Å². The Kier molecular flexibility index (Phi) is 8.67. The molecule has 0 radical (unpaired) electrons. The third-order valence-electron chi connectivity index (χ3n) is 7.05. The SMILES string of the molecule is CCN1CCN(C(=O)Cn2cc(NC(=O)/C(C=N)=C3\N=CC=CN3)c(-c3cc4ccccc4cc3OC(F)F)n2)CC1. The number of ether oxygens (including phenoxy) is 1. The molecule has 11 nitrogen and oxygen atoms in total. The van der Waals surface area contributed by atoms with E-state index in [0.717, 1.165) is 31.2 Å². The van der Waals surface area contributed by atoms with E-state index in [-0.39, 0.29) is 46.5 Å². The maximum absolute atomic E-state index is 13.5. The number of anilines is 1. The van der Waals surface area contributed by atoms with E-state index in [1.54, 1.807) is 35.4 Å². The molecule has 13 heteroatoms. The Balaban J connectivity index is 1.53. The van der Waals surface area contributed by atoms with Crippen molar-refractivity contribution in [3.63, 3.8) is 0 Å². The number of piperazine rings is 1. The van der Waals surface area contributed by atoms with Crippen molar-refractivity contribution in [3.8, 4) is 17.0 Å². The Morgan fingerprint density at radius 1 is 1.17 bits per heavy atom. The fourth-order valence-corrected chi connectivity index (χ4v) is 4.85. The number of benzene rings is 2. The molecule has 2 amide bonds. The first-order chi connectivity index (χ1) is 20.4. The maximum atomic E-state index is 13.5. The highest BCUT2D eigenvalue weighted by Gasteiger charge is 2.25. The highest BCUT2D eigenvalue weighted by atomic mass is 19.3. The number of hydrogen-bond acceptors (Lipinski definition) is 8. The van der Waals surface area contributed by atoms with Gasteiger partial charge in [-0.1, -0.05) is 31.2 Å². The number of aromatic nitrogens is 2. The lowest BCUT2D eigenvalue weighted by Crippen LogP contribution is -2.49. The minimum Gasteiger partial charge on any atom is -0.434 e. The van der Waals surface area contributed by atoms with Gasteiger partial charge in [-0.25, -0.2) is 4.99 Å². The summed E-state index contributed by atoms with van der Waals surface area (Å²) < 4.78 is 33.2. The predicted octanol–water partition coefficient (Wildman–Crippen LogP) is 3.46. The summed E-state index contributed by atoms with van der Waals surface area (Å²) in [7, 11) is 0. The van der Waals surface area contributed by atoms with Gasteiger partial charge in [0.05, 0.1) is 11.3 Å². The Morgan fingerprint density at radius 3 is 2.55 bits per heavy atom. The standard InChI is InChI=1S/C29H30F2N8O3/c1-2-37-10-12-38(13-11-37)25(40)18-39-17-23(35-28(41)22(16-32)27-33-8-5-9-34-27)26(36-39)21-14-19-6-3-4-7-20(19)15-24(21)42-29(30)31/h3-9,14-17,29,32-33H,2,10-13,18H2,1H3,(H,35,41)/b27-22-,32-16?. The molecule has 0 saturated carbocycles. The second-order valence-electron chi connectivity index (χ2n) is 9.62. The topological polar surface area (TPSA) is 128 Å². The number of amides is 2. The summed E-state index contributed by atoms with van der Waals surface area (Å²) >= 11 is 0. The summed E-state index contributed by atoms with van der Waals surface area (Å²) in [6, 6.07) is 10.3. The summed E-state index contributed by atoms with van der Waals surface area (Å²) in [6.45, 7) is 2.46. The van der Waals surface area contributed by atoms with Crippen LogP contribution in [0.3, 0.4) is 0 Å². The van der Waals surface area contributed by atoms with Crippen molar-refractivity contribution in [1.29, 1.82) is 5.41 Å². The number of allylic oxidation sites excluding steroid dienone is 1. The number of nitrogens with zero attached hydrogens (tertiary/aromatic N) is 5. The molecular weight excluding hydrogens is 546 g/mol. The monoisotopic (exact) mass is 576 g/mol. The normalized spacial score (nSPS) is 16.4. The molecule has 0 aliphatic carbocycles. The molecule has 0 spiro atoms. The maximum Gasteiger partial charge on any atom is 0.387 e. The van der Waals surface area contributed by atoms with Crippen LogP contribution in [-0.2, 0) is 16.1 Å². The van der Waals surface area contributed by atoms with E-state index in [1.807, 2.05) is 12.1 Å². The van der Waals surface area contributed by atoms with Crippen molar-refractivity contribution in [1.82, 2.24) is 24.9 Å². The molecule has 2 aliphatic heterocycles. The number of nitrogens with one attached hydrogen (secondary N) is 3. The van der Waals surface area contributed by atoms with E-state index in [9.17, 15) is 18.4 Å². The fourth-order valence-electron chi connectivity index (χ4n) is 4.85. The zero-order valence-electron chi connectivity index (χ0n) is 22.9. The number of fused-ring (bicyclic) bond motifs is 1. The second-order valence-corrected chi connectivity index (χ2v) is 9.62.